The van der Waals surface area contributed by atoms with Gasteiger partial charge in [-0.3, -0.25) is 0 Å². The van der Waals surface area contributed by atoms with Crippen molar-refractivity contribution in [3.05, 3.63) is 24.8 Å². The van der Waals surface area contributed by atoms with Crippen molar-refractivity contribution < 1.29 is 4.42 Å². The zero-order valence-electron chi connectivity index (χ0n) is 8.38. The summed E-state index contributed by atoms with van der Waals surface area (Å²) in [5.41, 5.74) is 0. The van der Waals surface area contributed by atoms with Crippen molar-refractivity contribution in [3.63, 3.8) is 0 Å². The second-order valence-corrected chi connectivity index (χ2v) is 3.28. The van der Waals surface area contributed by atoms with Gasteiger partial charge in [0.2, 0.25) is 0 Å². The molecule has 1 rings (SSSR count). The first-order valence-electron chi connectivity index (χ1n) is 5.09. The van der Waals surface area contributed by atoms with E-state index in [0.29, 0.717) is 6.42 Å². The zero-order valence-corrected chi connectivity index (χ0v) is 8.38. The van der Waals surface area contributed by atoms with Gasteiger partial charge in [-0.05, 0) is 13.3 Å². The Balaban J connectivity index is 2.20. The lowest BCUT2D eigenvalue weighted by molar-refractivity contribution is 0.456. The molecule has 0 saturated heterocycles. The molecule has 73 valence electrons. The van der Waals surface area contributed by atoms with Crippen LogP contribution in [0.15, 0.2) is 10.6 Å². The second-order valence-electron chi connectivity index (χ2n) is 3.28. The lowest BCUT2D eigenvalue weighted by atomic mass is 10.1. The number of nitrogens with zero attached hydrogens (tertiary/aromatic N) is 1. The summed E-state index contributed by atoms with van der Waals surface area (Å²) in [4.78, 5) is 4.10. The molecule has 0 amide bonds. The number of hydrogen-bond acceptors (Lipinski definition) is 2. The van der Waals surface area contributed by atoms with Crippen LogP contribution >= 0.6 is 0 Å². The van der Waals surface area contributed by atoms with Gasteiger partial charge in [-0.15, -0.1) is 0 Å². The van der Waals surface area contributed by atoms with Crippen LogP contribution in [-0.4, -0.2) is 4.98 Å². The van der Waals surface area contributed by atoms with Crippen molar-refractivity contribution in [2.75, 3.05) is 0 Å². The van der Waals surface area contributed by atoms with Gasteiger partial charge in [0, 0.05) is 12.8 Å². The minimum Gasteiger partial charge on any atom is -0.446 e. The molecule has 0 fully saturated rings. The smallest absolute Gasteiger partial charge is 0.194 e. The molecule has 0 N–H and O–H groups in total. The maximum absolute atomic E-state index is 5.44. The van der Waals surface area contributed by atoms with Crippen LogP contribution in [0.5, 0.6) is 0 Å². The summed E-state index contributed by atoms with van der Waals surface area (Å²) in [6, 6.07) is 0. The number of hydrogen-bond donors (Lipinski definition) is 0. The third-order valence-corrected chi connectivity index (χ3v) is 2.09. The van der Waals surface area contributed by atoms with Gasteiger partial charge < -0.3 is 4.42 Å². The minimum atomic E-state index is 0.648. The van der Waals surface area contributed by atoms with Crippen molar-refractivity contribution in [1.29, 1.82) is 0 Å². The average Bonchev–Trinajstić information content (AvgIpc) is 2.60. The van der Waals surface area contributed by atoms with E-state index in [0.717, 1.165) is 18.1 Å². The maximum atomic E-state index is 5.44. The van der Waals surface area contributed by atoms with E-state index in [-0.39, 0.29) is 0 Å². The number of unbranched alkanes of at least 4 members (excludes halogenated alkanes) is 3. The Morgan fingerprint density at radius 3 is 2.85 bits per heavy atom. The van der Waals surface area contributed by atoms with Crippen LogP contribution in [0.2, 0.25) is 0 Å². The first-order chi connectivity index (χ1) is 6.36. The van der Waals surface area contributed by atoms with E-state index in [1.807, 2.05) is 6.20 Å². The molecule has 0 aliphatic heterocycles. The molecule has 2 heteroatoms. The Morgan fingerprint density at radius 1 is 1.38 bits per heavy atom. The van der Waals surface area contributed by atoms with Crippen molar-refractivity contribution >= 4 is 0 Å². The van der Waals surface area contributed by atoms with Gasteiger partial charge >= 0.3 is 0 Å². The third-order valence-electron chi connectivity index (χ3n) is 2.09. The number of oxazole rings is 1. The minimum absolute atomic E-state index is 0.648. The summed E-state index contributed by atoms with van der Waals surface area (Å²) in [6.45, 7) is 5.94. The molecule has 1 aromatic rings. The number of aryl methyl sites for hydroxylation is 1. The van der Waals surface area contributed by atoms with Gasteiger partial charge in [0.05, 0.1) is 6.20 Å². The molecule has 0 unspecified atom stereocenters. The highest BCUT2D eigenvalue weighted by Gasteiger charge is 2.00. The van der Waals surface area contributed by atoms with E-state index in [1.165, 1.54) is 25.7 Å². The third kappa shape index (κ3) is 3.62. The predicted octanol–water partition coefficient (Wildman–Crippen LogP) is 3.17. The van der Waals surface area contributed by atoms with Gasteiger partial charge in [0.1, 0.15) is 5.76 Å². The Kier molecular flexibility index (Phi) is 4.58. The van der Waals surface area contributed by atoms with Crippen LogP contribution in [0.3, 0.4) is 0 Å². The monoisotopic (exact) mass is 180 g/mol. The van der Waals surface area contributed by atoms with E-state index in [4.69, 9.17) is 4.42 Å². The van der Waals surface area contributed by atoms with Crippen LogP contribution in [0.4, 0.5) is 0 Å². The van der Waals surface area contributed by atoms with Crippen molar-refractivity contribution in [2.24, 2.45) is 0 Å². The van der Waals surface area contributed by atoms with Crippen molar-refractivity contribution in [3.8, 4) is 0 Å². The Hall–Kier alpha value is -0.790. The van der Waals surface area contributed by atoms with Crippen LogP contribution in [0.25, 0.3) is 0 Å². The molecule has 0 aromatic carbocycles. The fraction of sp³-hybridized carbons (Fsp3) is 0.636. The van der Waals surface area contributed by atoms with Gasteiger partial charge in [-0.2, -0.15) is 0 Å². The standard InChI is InChI=1S/C11H18NO/c1-3-5-6-7-8-10-9-12-11(4-2)13-10/h9H,2-8H2,1H3. The molecule has 0 aliphatic rings. The van der Waals surface area contributed by atoms with Crippen LogP contribution in [0, 0.1) is 6.92 Å². The molecule has 0 saturated carbocycles. The van der Waals surface area contributed by atoms with Gasteiger partial charge in [0.15, 0.2) is 5.89 Å². The summed E-state index contributed by atoms with van der Waals surface area (Å²) in [5.74, 6) is 1.76. The first-order valence-corrected chi connectivity index (χ1v) is 5.09. The second kappa shape index (κ2) is 5.79. The van der Waals surface area contributed by atoms with Crippen LogP contribution < -0.4 is 0 Å². The summed E-state index contributed by atoms with van der Waals surface area (Å²) >= 11 is 0. The van der Waals surface area contributed by atoms with Crippen LogP contribution in [0.1, 0.15) is 44.3 Å². The lowest BCUT2D eigenvalue weighted by Crippen LogP contribution is -1.82. The van der Waals surface area contributed by atoms with E-state index >= 15 is 0 Å². The van der Waals surface area contributed by atoms with Crippen LogP contribution in [-0.2, 0) is 12.8 Å². The highest BCUT2D eigenvalue weighted by atomic mass is 16.4. The quantitative estimate of drug-likeness (QED) is 0.628. The van der Waals surface area contributed by atoms with E-state index in [2.05, 4.69) is 18.8 Å². The summed E-state index contributed by atoms with van der Waals surface area (Å²) in [5, 5.41) is 0. The number of rotatable bonds is 6. The van der Waals surface area contributed by atoms with Crippen molar-refractivity contribution in [1.82, 2.24) is 4.98 Å². The fourth-order valence-electron chi connectivity index (χ4n) is 1.31. The molecule has 1 radical (unpaired) electrons. The molecule has 1 aromatic heterocycles. The first kappa shape index (κ1) is 10.3. The molecular weight excluding hydrogens is 162 g/mol. The fourth-order valence-corrected chi connectivity index (χ4v) is 1.31. The molecule has 0 aliphatic carbocycles. The number of aromatic nitrogens is 1. The largest absolute Gasteiger partial charge is 0.446 e. The summed E-state index contributed by atoms with van der Waals surface area (Å²) in [6.07, 6.45) is 8.59. The normalized spacial score (nSPS) is 10.6. The zero-order chi connectivity index (χ0) is 9.52. The summed E-state index contributed by atoms with van der Waals surface area (Å²) in [7, 11) is 0. The summed E-state index contributed by atoms with van der Waals surface area (Å²) < 4.78 is 5.44. The highest BCUT2D eigenvalue weighted by Crippen LogP contribution is 2.09. The van der Waals surface area contributed by atoms with E-state index < -0.39 is 0 Å². The Labute approximate surface area is 80.4 Å². The molecule has 0 bridgehead atoms. The lowest BCUT2D eigenvalue weighted by Gasteiger charge is -1.95. The van der Waals surface area contributed by atoms with Crippen molar-refractivity contribution in [2.45, 2.75) is 45.4 Å². The van der Waals surface area contributed by atoms with Gasteiger partial charge in [-0.25, -0.2) is 4.98 Å². The molecule has 13 heavy (non-hydrogen) atoms. The molecule has 2 nitrogen and oxygen atoms in total. The molecule has 1 heterocycles. The van der Waals surface area contributed by atoms with E-state index in [9.17, 15) is 0 Å². The predicted molar refractivity (Wildman–Crippen MR) is 53.4 cm³/mol. The maximum Gasteiger partial charge on any atom is 0.194 e. The average molecular weight is 180 g/mol. The Morgan fingerprint density at radius 2 is 2.23 bits per heavy atom. The molecular formula is C11H18NO. The van der Waals surface area contributed by atoms with Gasteiger partial charge in [-0.1, -0.05) is 26.2 Å². The molecule has 0 spiro atoms. The van der Waals surface area contributed by atoms with Gasteiger partial charge in [0.25, 0.3) is 0 Å². The SMILES string of the molecule is [CH2]Cc1ncc(CCCCCC)o1. The Bertz CT molecular complexity index is 230. The topological polar surface area (TPSA) is 26.0 Å². The van der Waals surface area contributed by atoms with E-state index in [1.54, 1.807) is 0 Å². The highest BCUT2D eigenvalue weighted by molar-refractivity contribution is 4.94. The molecule has 0 atom stereocenters.